The van der Waals surface area contributed by atoms with Gasteiger partial charge in [-0.05, 0) is 30.3 Å². The van der Waals surface area contributed by atoms with E-state index in [2.05, 4.69) is 9.98 Å². The Hall–Kier alpha value is -3.77. The fourth-order valence-corrected chi connectivity index (χ4v) is 4.03. The maximum atomic E-state index is 14.7. The van der Waals surface area contributed by atoms with E-state index in [-0.39, 0.29) is 12.2 Å². The monoisotopic (exact) mass is 430 g/mol. The lowest BCUT2D eigenvalue weighted by Gasteiger charge is -2.15. The second-order valence-electron chi connectivity index (χ2n) is 7.10. The van der Waals surface area contributed by atoms with Crippen molar-refractivity contribution in [2.75, 3.05) is 0 Å². The summed E-state index contributed by atoms with van der Waals surface area (Å²) in [6.45, 7) is 0.105. The molecule has 5 nitrogen and oxygen atoms in total. The Balaban J connectivity index is 1.85. The molecule has 0 fully saturated rings. The van der Waals surface area contributed by atoms with E-state index >= 15 is 0 Å². The number of aromatic nitrogens is 2. The van der Waals surface area contributed by atoms with Crippen molar-refractivity contribution in [2.24, 2.45) is 10.7 Å². The summed E-state index contributed by atoms with van der Waals surface area (Å²) >= 11 is 6.31. The molecule has 1 aliphatic rings. The fraction of sp³-hybridized carbons (Fsp3) is 0.0417. The fourth-order valence-electron chi connectivity index (χ4n) is 3.85. The lowest BCUT2D eigenvalue weighted by molar-refractivity contribution is 0.0995. The lowest BCUT2D eigenvalue weighted by Crippen LogP contribution is -2.14. The van der Waals surface area contributed by atoms with Crippen LogP contribution >= 0.6 is 11.6 Å². The molecule has 31 heavy (non-hydrogen) atoms. The van der Waals surface area contributed by atoms with Gasteiger partial charge in [-0.2, -0.15) is 0 Å². The van der Waals surface area contributed by atoms with Crippen molar-refractivity contribution >= 4 is 23.2 Å². The second-order valence-corrected chi connectivity index (χ2v) is 7.54. The minimum atomic E-state index is -0.647. The highest BCUT2D eigenvalue weighted by molar-refractivity contribution is 6.31. The molecule has 0 unspecified atom stereocenters. The van der Waals surface area contributed by atoms with Crippen molar-refractivity contribution in [3.8, 4) is 17.1 Å². The van der Waals surface area contributed by atoms with Crippen LogP contribution in [0.25, 0.3) is 17.1 Å². The van der Waals surface area contributed by atoms with Gasteiger partial charge in [0.1, 0.15) is 11.6 Å². The number of halogens is 2. The summed E-state index contributed by atoms with van der Waals surface area (Å²) < 4.78 is 16.6. The third-order valence-corrected chi connectivity index (χ3v) is 5.44. The van der Waals surface area contributed by atoms with E-state index in [1.165, 1.54) is 6.07 Å². The molecule has 0 saturated carbocycles. The number of carbonyl (C=O) groups excluding carboxylic acids is 1. The molecule has 4 aromatic rings. The Kier molecular flexibility index (Phi) is 4.64. The van der Waals surface area contributed by atoms with Crippen LogP contribution in [0.5, 0.6) is 0 Å². The molecular weight excluding hydrogens is 415 g/mol. The average Bonchev–Trinajstić information content (AvgIpc) is 3.08. The van der Waals surface area contributed by atoms with E-state index in [4.69, 9.17) is 17.3 Å². The van der Waals surface area contributed by atoms with Gasteiger partial charge in [0.2, 0.25) is 0 Å². The highest BCUT2D eigenvalue weighted by Crippen LogP contribution is 2.34. The minimum Gasteiger partial charge on any atom is -0.364 e. The van der Waals surface area contributed by atoms with Crippen molar-refractivity contribution in [2.45, 2.75) is 6.54 Å². The quantitative estimate of drug-likeness (QED) is 0.508. The number of hydrogen-bond donors (Lipinski definition) is 1. The minimum absolute atomic E-state index is 0.105. The summed E-state index contributed by atoms with van der Waals surface area (Å²) in [6, 6.07) is 21.2. The van der Waals surface area contributed by atoms with Crippen LogP contribution in [0.4, 0.5) is 4.39 Å². The number of fused-ring (bicyclic) bond motifs is 3. The van der Waals surface area contributed by atoms with Gasteiger partial charge in [-0.1, -0.05) is 54.1 Å². The Labute approximate surface area is 182 Å². The standard InChI is InChI=1S/C24H16ClFN4O/c25-15-10-11-19-17(12-15)21(16-8-4-5-9-18(16)26)28-13-20-22(23(27)31)29-24(30(19)20)14-6-2-1-3-7-14/h1-12H,13H2,(H2,27,31). The summed E-state index contributed by atoms with van der Waals surface area (Å²) in [5.41, 5.74) is 9.28. The number of nitrogens with zero attached hydrogens (tertiary/aromatic N) is 3. The van der Waals surface area contributed by atoms with Crippen molar-refractivity contribution in [3.05, 3.63) is 106 Å². The molecule has 2 N–H and O–H groups in total. The maximum Gasteiger partial charge on any atom is 0.269 e. The Morgan fingerprint density at radius 3 is 2.48 bits per heavy atom. The number of hydrogen-bond acceptors (Lipinski definition) is 3. The van der Waals surface area contributed by atoms with Crippen LogP contribution in [0.3, 0.4) is 0 Å². The Morgan fingerprint density at radius 1 is 1.00 bits per heavy atom. The zero-order valence-corrected chi connectivity index (χ0v) is 17.0. The third kappa shape index (κ3) is 3.21. The van der Waals surface area contributed by atoms with Gasteiger partial charge in [-0.3, -0.25) is 14.4 Å². The first-order chi connectivity index (χ1) is 15.0. The molecule has 1 aliphatic heterocycles. The van der Waals surface area contributed by atoms with E-state index in [1.807, 2.05) is 41.0 Å². The van der Waals surface area contributed by atoms with Crippen molar-refractivity contribution in [3.63, 3.8) is 0 Å². The predicted octanol–water partition coefficient (Wildman–Crippen LogP) is 4.78. The zero-order chi connectivity index (χ0) is 21.5. The Bertz CT molecular complexity index is 1360. The third-order valence-electron chi connectivity index (χ3n) is 5.21. The first-order valence-electron chi connectivity index (χ1n) is 9.61. The van der Waals surface area contributed by atoms with Crippen LogP contribution in [0, 0.1) is 5.82 Å². The number of nitrogens with two attached hydrogens (primary N) is 1. The number of rotatable bonds is 3. The maximum absolute atomic E-state index is 14.7. The highest BCUT2D eigenvalue weighted by Gasteiger charge is 2.28. The molecule has 0 saturated heterocycles. The summed E-state index contributed by atoms with van der Waals surface area (Å²) in [6.07, 6.45) is 0. The SMILES string of the molecule is NC(=O)c1nc(-c2ccccc2)n2c1CN=C(c1ccccc1F)c1cc(Cl)ccc1-2. The molecule has 0 spiro atoms. The molecule has 1 amide bonds. The topological polar surface area (TPSA) is 73.3 Å². The van der Waals surface area contributed by atoms with Crippen LogP contribution in [-0.4, -0.2) is 21.2 Å². The summed E-state index contributed by atoms with van der Waals surface area (Å²) in [5, 5.41) is 0.489. The van der Waals surface area contributed by atoms with Gasteiger partial charge in [0.05, 0.1) is 23.6 Å². The molecule has 7 heteroatoms. The molecular formula is C24H16ClFN4O. The van der Waals surface area contributed by atoms with E-state index in [1.54, 1.807) is 30.3 Å². The van der Waals surface area contributed by atoms with Gasteiger partial charge in [0.25, 0.3) is 5.91 Å². The smallest absolute Gasteiger partial charge is 0.269 e. The number of amides is 1. The van der Waals surface area contributed by atoms with Crippen LogP contribution < -0.4 is 5.73 Å². The second kappa shape index (κ2) is 7.49. The molecule has 0 bridgehead atoms. The van der Waals surface area contributed by atoms with Gasteiger partial charge in [0, 0.05) is 21.7 Å². The van der Waals surface area contributed by atoms with Gasteiger partial charge in [0.15, 0.2) is 5.69 Å². The zero-order valence-electron chi connectivity index (χ0n) is 16.2. The first-order valence-corrected chi connectivity index (χ1v) is 9.99. The van der Waals surface area contributed by atoms with Crippen LogP contribution in [0.2, 0.25) is 5.02 Å². The number of benzene rings is 3. The molecule has 2 heterocycles. The molecule has 1 aromatic heterocycles. The van der Waals surface area contributed by atoms with E-state index in [0.29, 0.717) is 39.1 Å². The Morgan fingerprint density at radius 2 is 1.74 bits per heavy atom. The highest BCUT2D eigenvalue weighted by atomic mass is 35.5. The van der Waals surface area contributed by atoms with Crippen LogP contribution in [0.1, 0.15) is 27.3 Å². The molecule has 5 rings (SSSR count). The van der Waals surface area contributed by atoms with E-state index in [0.717, 1.165) is 5.56 Å². The number of carbonyl (C=O) groups is 1. The predicted molar refractivity (Wildman–Crippen MR) is 118 cm³/mol. The van der Waals surface area contributed by atoms with Gasteiger partial charge in [-0.25, -0.2) is 9.37 Å². The number of aliphatic imine (C=N–C) groups is 1. The van der Waals surface area contributed by atoms with Crippen LogP contribution in [-0.2, 0) is 6.54 Å². The molecule has 0 aliphatic carbocycles. The number of primary amides is 1. The molecule has 0 radical (unpaired) electrons. The summed E-state index contributed by atoms with van der Waals surface area (Å²) in [5.74, 6) is -0.487. The van der Waals surface area contributed by atoms with Gasteiger partial charge < -0.3 is 5.73 Å². The molecule has 3 aromatic carbocycles. The van der Waals surface area contributed by atoms with Crippen molar-refractivity contribution in [1.82, 2.24) is 9.55 Å². The normalized spacial score (nSPS) is 12.5. The van der Waals surface area contributed by atoms with E-state index < -0.39 is 11.7 Å². The van der Waals surface area contributed by atoms with Gasteiger partial charge in [-0.15, -0.1) is 0 Å². The molecule has 152 valence electrons. The first kappa shape index (κ1) is 19.2. The largest absolute Gasteiger partial charge is 0.364 e. The van der Waals surface area contributed by atoms with Crippen molar-refractivity contribution in [1.29, 1.82) is 0 Å². The number of imidazole rings is 1. The average molecular weight is 431 g/mol. The van der Waals surface area contributed by atoms with E-state index in [9.17, 15) is 9.18 Å². The van der Waals surface area contributed by atoms with Crippen LogP contribution in [0.15, 0.2) is 77.8 Å². The summed E-state index contributed by atoms with van der Waals surface area (Å²) in [7, 11) is 0. The summed E-state index contributed by atoms with van der Waals surface area (Å²) in [4.78, 5) is 21.4. The van der Waals surface area contributed by atoms with Crippen molar-refractivity contribution < 1.29 is 9.18 Å². The van der Waals surface area contributed by atoms with Gasteiger partial charge >= 0.3 is 0 Å². The molecule has 0 atom stereocenters. The lowest BCUT2D eigenvalue weighted by atomic mass is 10.00.